The van der Waals surface area contributed by atoms with Crippen molar-refractivity contribution in [1.29, 1.82) is 0 Å². The van der Waals surface area contributed by atoms with E-state index >= 15 is 0 Å². The monoisotopic (exact) mass is 602 g/mol. The fourth-order valence-corrected chi connectivity index (χ4v) is 5.01. The number of thiocarbonyl (C=S) groups is 1. The van der Waals surface area contributed by atoms with Crippen LogP contribution in [0.2, 0.25) is 5.02 Å². The van der Waals surface area contributed by atoms with Crippen molar-refractivity contribution in [2.24, 2.45) is 0 Å². The number of halogens is 2. The molecule has 0 radical (unpaired) electrons. The summed E-state index contributed by atoms with van der Waals surface area (Å²) in [5, 5.41) is 0.696. The fraction of sp³-hybridized carbons (Fsp3) is 0.0333. The number of nitrogens with zero attached hydrogens (tertiary/aromatic N) is 2. The maximum absolute atomic E-state index is 13.8. The third-order valence-electron chi connectivity index (χ3n) is 5.83. The van der Waals surface area contributed by atoms with Crippen LogP contribution in [-0.2, 0) is 16.2 Å². The number of rotatable bonds is 6. The van der Waals surface area contributed by atoms with Gasteiger partial charge in [0.2, 0.25) is 0 Å². The highest BCUT2D eigenvalue weighted by molar-refractivity contribution is 9.10. The molecule has 38 heavy (non-hydrogen) atoms. The molecule has 0 bridgehead atoms. The van der Waals surface area contributed by atoms with Gasteiger partial charge in [-0.05, 0) is 78.5 Å². The third kappa shape index (κ3) is 5.41. The molecule has 0 spiro atoms. The molecule has 1 heterocycles. The predicted octanol–water partition coefficient (Wildman–Crippen LogP) is 7.43. The molecule has 0 atom stereocenters. The molecule has 8 heteroatoms. The number of para-hydroxylation sites is 2. The van der Waals surface area contributed by atoms with Crippen LogP contribution >= 0.6 is 39.7 Å². The summed E-state index contributed by atoms with van der Waals surface area (Å²) in [6.07, 6.45) is 1.55. The minimum atomic E-state index is -0.515. The van der Waals surface area contributed by atoms with Crippen molar-refractivity contribution in [1.82, 2.24) is 0 Å². The molecule has 5 nitrogen and oxygen atoms in total. The maximum Gasteiger partial charge on any atom is 0.270 e. The SMILES string of the molecule is O=C1C(=Cc2cc(Br)ccc2OCc2cccc(Cl)c2)C(=O)N(c2ccccc2)C(=S)N1c1ccccc1. The van der Waals surface area contributed by atoms with Crippen molar-refractivity contribution in [2.45, 2.75) is 6.61 Å². The average molecular weight is 604 g/mol. The molecule has 4 aromatic rings. The normalized spacial score (nSPS) is 13.6. The van der Waals surface area contributed by atoms with E-state index in [1.54, 1.807) is 48.5 Å². The number of carbonyl (C=O) groups is 2. The molecular formula is C30H20BrClN2O3S. The number of hydrogen-bond donors (Lipinski definition) is 0. The zero-order valence-corrected chi connectivity index (χ0v) is 23.0. The van der Waals surface area contributed by atoms with Crippen LogP contribution in [-0.4, -0.2) is 16.9 Å². The van der Waals surface area contributed by atoms with E-state index in [4.69, 9.17) is 28.6 Å². The topological polar surface area (TPSA) is 49.9 Å². The van der Waals surface area contributed by atoms with E-state index in [1.165, 1.54) is 9.80 Å². The van der Waals surface area contributed by atoms with Crippen LogP contribution in [0.1, 0.15) is 11.1 Å². The van der Waals surface area contributed by atoms with Crippen LogP contribution in [0.15, 0.2) is 113 Å². The summed E-state index contributed by atoms with van der Waals surface area (Å²) in [7, 11) is 0. The molecule has 5 rings (SSSR count). The molecule has 188 valence electrons. The number of carbonyl (C=O) groups excluding carboxylic acids is 2. The first-order chi connectivity index (χ1) is 18.4. The van der Waals surface area contributed by atoms with E-state index in [-0.39, 0.29) is 17.3 Å². The van der Waals surface area contributed by atoms with Gasteiger partial charge in [0.1, 0.15) is 17.9 Å². The molecule has 4 aromatic carbocycles. The lowest BCUT2D eigenvalue weighted by Gasteiger charge is -2.36. The van der Waals surface area contributed by atoms with Crippen LogP contribution in [0, 0.1) is 0 Å². The minimum absolute atomic E-state index is 0.0444. The smallest absolute Gasteiger partial charge is 0.270 e. The molecule has 0 aromatic heterocycles. The van der Waals surface area contributed by atoms with Gasteiger partial charge in [0.05, 0.1) is 11.4 Å². The molecule has 0 saturated carbocycles. The van der Waals surface area contributed by atoms with Crippen LogP contribution in [0.5, 0.6) is 5.75 Å². The highest BCUT2D eigenvalue weighted by Gasteiger charge is 2.41. The second kappa shape index (κ2) is 11.3. The standard InChI is InChI=1S/C30H20BrClN2O3S/c31-22-14-15-27(37-19-20-8-7-9-23(32)16-20)21(17-22)18-26-28(35)33(24-10-3-1-4-11-24)30(38)34(29(26)36)25-12-5-2-6-13-25/h1-18H,19H2. The second-order valence-corrected chi connectivity index (χ2v) is 10.1. The van der Waals surface area contributed by atoms with Gasteiger partial charge in [-0.3, -0.25) is 19.4 Å². The van der Waals surface area contributed by atoms with E-state index in [9.17, 15) is 9.59 Å². The summed E-state index contributed by atoms with van der Waals surface area (Å²) in [6, 6.07) is 30.9. The molecule has 0 aliphatic carbocycles. The van der Waals surface area contributed by atoms with E-state index in [0.29, 0.717) is 27.7 Å². The molecule has 0 unspecified atom stereocenters. The summed E-state index contributed by atoms with van der Waals surface area (Å²) >= 11 is 15.3. The minimum Gasteiger partial charge on any atom is -0.488 e. The predicted molar refractivity (Wildman–Crippen MR) is 158 cm³/mol. The Balaban J connectivity index is 1.58. The first kappa shape index (κ1) is 25.9. The van der Waals surface area contributed by atoms with Gasteiger partial charge in [-0.1, -0.05) is 76.1 Å². The lowest BCUT2D eigenvalue weighted by Crippen LogP contribution is -2.56. The number of amides is 2. The Kier molecular flexibility index (Phi) is 7.69. The lowest BCUT2D eigenvalue weighted by molar-refractivity contribution is -0.120. The Bertz CT molecular complexity index is 1500. The first-order valence-corrected chi connectivity index (χ1v) is 13.2. The van der Waals surface area contributed by atoms with Gasteiger partial charge in [0, 0.05) is 15.1 Å². The Hall–Kier alpha value is -3.78. The highest BCUT2D eigenvalue weighted by atomic mass is 79.9. The van der Waals surface area contributed by atoms with Crippen molar-refractivity contribution in [2.75, 3.05) is 9.80 Å². The highest BCUT2D eigenvalue weighted by Crippen LogP contribution is 2.32. The molecule has 1 aliphatic heterocycles. The van der Waals surface area contributed by atoms with Crippen molar-refractivity contribution in [3.8, 4) is 5.75 Å². The van der Waals surface area contributed by atoms with Gasteiger partial charge in [0.25, 0.3) is 11.8 Å². The van der Waals surface area contributed by atoms with Crippen molar-refractivity contribution in [3.05, 3.63) is 129 Å². The molecular weight excluding hydrogens is 584 g/mol. The number of benzene rings is 4. The number of anilines is 2. The van der Waals surface area contributed by atoms with Gasteiger partial charge in [-0.2, -0.15) is 0 Å². The summed E-state index contributed by atoms with van der Waals surface area (Å²) in [5.74, 6) is -0.523. The molecule has 1 aliphatic rings. The Morgan fingerprint density at radius 1 is 0.789 bits per heavy atom. The Morgan fingerprint density at radius 3 is 1.97 bits per heavy atom. The largest absolute Gasteiger partial charge is 0.488 e. The Labute approximate surface area is 239 Å². The van der Waals surface area contributed by atoms with E-state index in [2.05, 4.69) is 15.9 Å². The fourth-order valence-electron chi connectivity index (χ4n) is 4.05. The van der Waals surface area contributed by atoms with E-state index < -0.39 is 11.8 Å². The van der Waals surface area contributed by atoms with Crippen LogP contribution < -0.4 is 14.5 Å². The van der Waals surface area contributed by atoms with Crippen molar-refractivity contribution in [3.63, 3.8) is 0 Å². The van der Waals surface area contributed by atoms with Crippen molar-refractivity contribution >= 4 is 74.1 Å². The quantitative estimate of drug-likeness (QED) is 0.131. The molecule has 1 saturated heterocycles. The van der Waals surface area contributed by atoms with Crippen LogP contribution in [0.25, 0.3) is 6.08 Å². The van der Waals surface area contributed by atoms with E-state index in [1.807, 2.05) is 60.7 Å². The first-order valence-electron chi connectivity index (χ1n) is 11.6. The number of ether oxygens (including phenoxy) is 1. The molecule has 2 amide bonds. The van der Waals surface area contributed by atoms with Gasteiger partial charge in [0.15, 0.2) is 5.11 Å². The zero-order valence-electron chi connectivity index (χ0n) is 19.9. The van der Waals surface area contributed by atoms with Crippen molar-refractivity contribution < 1.29 is 14.3 Å². The van der Waals surface area contributed by atoms with Gasteiger partial charge < -0.3 is 4.74 Å². The average Bonchev–Trinajstić information content (AvgIpc) is 2.92. The summed E-state index contributed by atoms with van der Waals surface area (Å²) in [5.41, 5.74) is 2.53. The third-order valence-corrected chi connectivity index (χ3v) is 6.93. The Morgan fingerprint density at radius 2 is 1.39 bits per heavy atom. The van der Waals surface area contributed by atoms with Gasteiger partial charge in [-0.15, -0.1) is 0 Å². The van der Waals surface area contributed by atoms with Gasteiger partial charge >= 0.3 is 0 Å². The summed E-state index contributed by atoms with van der Waals surface area (Å²) in [6.45, 7) is 0.261. The maximum atomic E-state index is 13.8. The molecule has 0 N–H and O–H groups in total. The summed E-state index contributed by atoms with van der Waals surface area (Å²) < 4.78 is 6.86. The molecule has 1 fully saturated rings. The second-order valence-electron chi connectivity index (χ2n) is 8.39. The zero-order chi connectivity index (χ0) is 26.6. The van der Waals surface area contributed by atoms with Crippen LogP contribution in [0.4, 0.5) is 11.4 Å². The van der Waals surface area contributed by atoms with E-state index in [0.717, 1.165) is 10.0 Å². The number of hydrogen-bond acceptors (Lipinski definition) is 4. The summed E-state index contributed by atoms with van der Waals surface area (Å²) in [4.78, 5) is 30.3. The van der Waals surface area contributed by atoms with Crippen LogP contribution in [0.3, 0.4) is 0 Å². The van der Waals surface area contributed by atoms with Gasteiger partial charge in [-0.25, -0.2) is 0 Å². The lowest BCUT2D eigenvalue weighted by atomic mass is 10.0.